The summed E-state index contributed by atoms with van der Waals surface area (Å²) < 4.78 is 0. The fourth-order valence-corrected chi connectivity index (χ4v) is 4.01. The molecule has 3 nitrogen and oxygen atoms in total. The van der Waals surface area contributed by atoms with Crippen LogP contribution in [0.4, 0.5) is 0 Å². The summed E-state index contributed by atoms with van der Waals surface area (Å²) in [5.74, 6) is 0.775. The van der Waals surface area contributed by atoms with Crippen molar-refractivity contribution in [1.29, 1.82) is 0 Å². The van der Waals surface area contributed by atoms with E-state index in [0.29, 0.717) is 0 Å². The lowest BCUT2D eigenvalue weighted by Crippen LogP contribution is -2.24. The maximum atomic E-state index is 6.24. The van der Waals surface area contributed by atoms with E-state index in [-0.39, 0.29) is 0 Å². The van der Waals surface area contributed by atoms with Gasteiger partial charge in [0.25, 0.3) is 0 Å². The molecule has 112 valence electrons. The molecule has 5 heteroatoms. The Hall–Kier alpha value is -0.940. The van der Waals surface area contributed by atoms with Crippen LogP contribution in [0.5, 0.6) is 0 Å². The van der Waals surface area contributed by atoms with Crippen LogP contribution in [-0.2, 0) is 6.54 Å². The Morgan fingerprint density at radius 2 is 2.29 bits per heavy atom. The first-order chi connectivity index (χ1) is 10.3. The molecular weight excluding hydrogens is 302 g/mol. The quantitative estimate of drug-likeness (QED) is 0.913. The lowest BCUT2D eigenvalue weighted by Gasteiger charge is -2.14. The van der Waals surface area contributed by atoms with E-state index in [4.69, 9.17) is 16.6 Å². The van der Waals surface area contributed by atoms with Crippen molar-refractivity contribution in [3.8, 4) is 10.6 Å². The highest BCUT2D eigenvalue weighted by atomic mass is 35.5. The number of thiazole rings is 1. The van der Waals surface area contributed by atoms with Crippen molar-refractivity contribution in [2.45, 2.75) is 13.0 Å². The van der Waals surface area contributed by atoms with Crippen molar-refractivity contribution in [2.24, 2.45) is 5.92 Å². The molecule has 0 amide bonds. The number of nitrogens with zero attached hydrogens (tertiary/aromatic N) is 2. The van der Waals surface area contributed by atoms with E-state index < -0.39 is 0 Å². The first-order valence-electron chi connectivity index (χ1n) is 7.32. The summed E-state index contributed by atoms with van der Waals surface area (Å²) in [6.07, 6.45) is 1.28. The summed E-state index contributed by atoms with van der Waals surface area (Å²) in [5, 5.41) is 7.22. The number of benzene rings is 1. The van der Waals surface area contributed by atoms with Crippen molar-refractivity contribution >= 4 is 22.9 Å². The summed E-state index contributed by atoms with van der Waals surface area (Å²) >= 11 is 7.92. The van der Waals surface area contributed by atoms with Gasteiger partial charge in [-0.1, -0.05) is 29.8 Å². The number of halogens is 1. The Morgan fingerprint density at radius 3 is 3.10 bits per heavy atom. The number of rotatable bonds is 5. The van der Waals surface area contributed by atoms with Crippen LogP contribution in [0, 0.1) is 5.92 Å². The zero-order chi connectivity index (χ0) is 14.7. The first-order valence-corrected chi connectivity index (χ1v) is 8.58. The van der Waals surface area contributed by atoms with Crippen molar-refractivity contribution in [2.75, 3.05) is 26.7 Å². The fourth-order valence-electron chi connectivity index (χ4n) is 2.88. The summed E-state index contributed by atoms with van der Waals surface area (Å²) in [7, 11) is 2.03. The van der Waals surface area contributed by atoms with E-state index in [9.17, 15) is 0 Å². The molecule has 1 aromatic heterocycles. The molecule has 0 saturated carbocycles. The molecule has 1 saturated heterocycles. The number of aromatic nitrogens is 1. The van der Waals surface area contributed by atoms with Gasteiger partial charge >= 0.3 is 0 Å². The highest BCUT2D eigenvalue weighted by Crippen LogP contribution is 2.30. The van der Waals surface area contributed by atoms with Crippen molar-refractivity contribution in [1.82, 2.24) is 15.2 Å². The third-order valence-corrected chi connectivity index (χ3v) is 5.16. The van der Waals surface area contributed by atoms with Crippen LogP contribution < -0.4 is 5.32 Å². The molecule has 1 aromatic carbocycles. The van der Waals surface area contributed by atoms with Crippen LogP contribution >= 0.6 is 22.9 Å². The smallest absolute Gasteiger partial charge is 0.125 e. The van der Waals surface area contributed by atoms with E-state index >= 15 is 0 Å². The molecule has 2 aromatic rings. The van der Waals surface area contributed by atoms with Crippen molar-refractivity contribution < 1.29 is 0 Å². The lowest BCUT2D eigenvalue weighted by atomic mass is 10.1. The van der Waals surface area contributed by atoms with Gasteiger partial charge in [-0.05, 0) is 38.5 Å². The molecule has 3 rings (SSSR count). The molecule has 1 unspecified atom stereocenters. The average Bonchev–Trinajstić information content (AvgIpc) is 3.10. The van der Waals surface area contributed by atoms with E-state index in [0.717, 1.165) is 40.3 Å². The predicted molar refractivity (Wildman–Crippen MR) is 89.9 cm³/mol. The molecule has 2 heterocycles. The van der Waals surface area contributed by atoms with Crippen LogP contribution in [0.25, 0.3) is 10.6 Å². The Labute approximate surface area is 135 Å². The minimum Gasteiger partial charge on any atom is -0.319 e. The molecule has 1 atom stereocenters. The SMILES string of the molecule is CNCC1CCN(Cc2csc(-c3ccccc3Cl)n2)C1. The van der Waals surface area contributed by atoms with Gasteiger partial charge in [-0.15, -0.1) is 11.3 Å². The summed E-state index contributed by atoms with van der Waals surface area (Å²) in [4.78, 5) is 7.25. The van der Waals surface area contributed by atoms with Crippen LogP contribution in [-0.4, -0.2) is 36.6 Å². The van der Waals surface area contributed by atoms with Crippen molar-refractivity contribution in [3.05, 3.63) is 40.4 Å². The zero-order valence-corrected chi connectivity index (χ0v) is 13.8. The van der Waals surface area contributed by atoms with Gasteiger partial charge in [-0.25, -0.2) is 4.98 Å². The predicted octanol–water partition coefficient (Wildman–Crippen LogP) is 3.50. The van der Waals surface area contributed by atoms with Gasteiger partial charge < -0.3 is 5.32 Å². The Morgan fingerprint density at radius 1 is 1.43 bits per heavy atom. The van der Waals surface area contributed by atoms with E-state index in [1.807, 2.05) is 31.3 Å². The van der Waals surface area contributed by atoms with Crippen LogP contribution in [0.1, 0.15) is 12.1 Å². The minimum atomic E-state index is 0.772. The van der Waals surface area contributed by atoms with Crippen LogP contribution in [0.15, 0.2) is 29.6 Å². The lowest BCUT2D eigenvalue weighted by molar-refractivity contribution is 0.312. The maximum absolute atomic E-state index is 6.24. The summed E-state index contributed by atoms with van der Waals surface area (Å²) in [6.45, 7) is 4.39. The van der Waals surface area contributed by atoms with E-state index in [2.05, 4.69) is 15.6 Å². The molecular formula is C16H20ClN3S. The molecule has 0 aliphatic carbocycles. The number of hydrogen-bond acceptors (Lipinski definition) is 4. The standard InChI is InChI=1S/C16H20ClN3S/c1-18-8-12-6-7-20(9-12)10-13-11-21-16(19-13)14-4-2-3-5-15(14)17/h2-5,11-12,18H,6-10H2,1H3. The summed E-state index contributed by atoms with van der Waals surface area (Å²) in [6, 6.07) is 7.90. The van der Waals surface area contributed by atoms with Gasteiger partial charge in [0.15, 0.2) is 0 Å². The van der Waals surface area contributed by atoms with Crippen LogP contribution in [0.2, 0.25) is 5.02 Å². The monoisotopic (exact) mass is 321 g/mol. The highest BCUT2D eigenvalue weighted by Gasteiger charge is 2.22. The van der Waals surface area contributed by atoms with Crippen molar-refractivity contribution in [3.63, 3.8) is 0 Å². The highest BCUT2D eigenvalue weighted by molar-refractivity contribution is 7.13. The third kappa shape index (κ3) is 3.64. The second kappa shape index (κ2) is 6.88. The topological polar surface area (TPSA) is 28.2 Å². The first kappa shape index (κ1) is 15.0. The minimum absolute atomic E-state index is 0.772. The van der Waals surface area contributed by atoms with Gasteiger partial charge in [0.2, 0.25) is 0 Å². The zero-order valence-electron chi connectivity index (χ0n) is 12.2. The molecule has 0 radical (unpaired) electrons. The fraction of sp³-hybridized carbons (Fsp3) is 0.438. The Kier molecular flexibility index (Phi) is 4.91. The second-order valence-corrected chi connectivity index (χ2v) is 6.84. The van der Waals surface area contributed by atoms with Gasteiger partial charge in [0.05, 0.1) is 10.7 Å². The maximum Gasteiger partial charge on any atom is 0.125 e. The normalized spacial score (nSPS) is 19.2. The average molecular weight is 322 g/mol. The van der Waals surface area contributed by atoms with E-state index in [1.165, 1.54) is 19.5 Å². The Balaban J connectivity index is 1.65. The third-order valence-electron chi connectivity index (χ3n) is 3.90. The summed E-state index contributed by atoms with van der Waals surface area (Å²) in [5.41, 5.74) is 2.19. The van der Waals surface area contributed by atoms with Crippen LogP contribution in [0.3, 0.4) is 0 Å². The molecule has 0 bridgehead atoms. The molecule has 1 N–H and O–H groups in total. The second-order valence-electron chi connectivity index (χ2n) is 5.57. The molecule has 21 heavy (non-hydrogen) atoms. The molecule has 1 aliphatic rings. The number of hydrogen-bond donors (Lipinski definition) is 1. The van der Waals surface area contributed by atoms with Gasteiger partial charge in [-0.2, -0.15) is 0 Å². The number of nitrogens with one attached hydrogen (secondary N) is 1. The van der Waals surface area contributed by atoms with Gasteiger partial charge in [0.1, 0.15) is 5.01 Å². The van der Waals surface area contributed by atoms with E-state index in [1.54, 1.807) is 11.3 Å². The molecule has 0 spiro atoms. The van der Waals surface area contributed by atoms with Gasteiger partial charge in [0, 0.05) is 24.0 Å². The van der Waals surface area contributed by atoms with Gasteiger partial charge in [-0.3, -0.25) is 4.90 Å². The largest absolute Gasteiger partial charge is 0.319 e. The number of likely N-dealkylation sites (tertiary alicyclic amines) is 1. The molecule has 1 fully saturated rings. The Bertz CT molecular complexity index is 599. The molecule has 1 aliphatic heterocycles.